The van der Waals surface area contributed by atoms with Gasteiger partial charge in [-0.05, 0) is 22.8 Å². The average molecular weight is 158 g/mol. The van der Waals surface area contributed by atoms with Crippen LogP contribution in [0.15, 0.2) is 42.5 Å². The van der Waals surface area contributed by atoms with E-state index in [1.165, 1.54) is 16.3 Å². The number of rotatable bonds is 1. The maximum Gasteiger partial charge on any atom is 0 e. The minimum atomic E-state index is 0. The van der Waals surface area contributed by atoms with Gasteiger partial charge in [-0.2, -0.15) is 0 Å². The fraction of sp³-hybridized carbons (Fsp3) is 0.167. The molecule has 2 aromatic carbocycles. The molecule has 0 aliphatic rings. The van der Waals surface area contributed by atoms with Gasteiger partial charge in [0.1, 0.15) is 0 Å². The van der Waals surface area contributed by atoms with Gasteiger partial charge in [0.2, 0.25) is 0 Å². The lowest BCUT2D eigenvalue weighted by atomic mass is 10.0. The highest BCUT2D eigenvalue weighted by Crippen LogP contribution is 2.18. The van der Waals surface area contributed by atoms with Crippen molar-refractivity contribution in [3.63, 3.8) is 0 Å². The first kappa shape index (κ1) is 7.35. The topological polar surface area (TPSA) is 0 Å². The summed E-state index contributed by atoms with van der Waals surface area (Å²) in [6, 6.07) is 15.0. The summed E-state index contributed by atoms with van der Waals surface area (Å²) in [6.45, 7) is 2.20. The zero-order chi connectivity index (χ0) is 8.39. The third-order valence-electron chi connectivity index (χ3n) is 2.26. The van der Waals surface area contributed by atoms with E-state index in [0.717, 1.165) is 6.42 Å². The molecule has 62 valence electrons. The van der Waals surface area contributed by atoms with E-state index in [1.54, 1.807) is 0 Å². The molecule has 0 heterocycles. The molecule has 0 aliphatic carbocycles. The van der Waals surface area contributed by atoms with Crippen LogP contribution in [0.4, 0.5) is 0 Å². The molecule has 0 saturated heterocycles. The van der Waals surface area contributed by atoms with Gasteiger partial charge in [-0.25, -0.2) is 0 Å². The van der Waals surface area contributed by atoms with E-state index in [9.17, 15) is 0 Å². The van der Waals surface area contributed by atoms with Gasteiger partial charge in [-0.3, -0.25) is 0 Å². The van der Waals surface area contributed by atoms with Crippen LogP contribution in [0.5, 0.6) is 0 Å². The molecule has 0 nitrogen and oxygen atoms in total. The monoisotopic (exact) mass is 158 g/mol. The first-order valence-electron chi connectivity index (χ1n) is 4.38. The number of hydrogen-bond acceptors (Lipinski definition) is 0. The normalized spacial score (nSPS) is 10.4. The zero-order valence-corrected chi connectivity index (χ0v) is 7.25. The Morgan fingerprint density at radius 3 is 2.58 bits per heavy atom. The molecule has 0 radical (unpaired) electrons. The smallest absolute Gasteiger partial charge is 0 e. The molecular formula is C12H14. The van der Waals surface area contributed by atoms with Crippen molar-refractivity contribution in [2.24, 2.45) is 0 Å². The van der Waals surface area contributed by atoms with Crippen molar-refractivity contribution < 1.29 is 1.43 Å². The summed E-state index contributed by atoms with van der Waals surface area (Å²) in [7, 11) is 0. The first-order valence-corrected chi connectivity index (χ1v) is 4.38. The van der Waals surface area contributed by atoms with E-state index in [2.05, 4.69) is 49.4 Å². The lowest BCUT2D eigenvalue weighted by Crippen LogP contribution is -1.81. The van der Waals surface area contributed by atoms with Crippen molar-refractivity contribution in [2.45, 2.75) is 13.3 Å². The van der Waals surface area contributed by atoms with E-state index in [0.29, 0.717) is 0 Å². The Labute approximate surface area is 74.3 Å². The van der Waals surface area contributed by atoms with Crippen LogP contribution in [0.3, 0.4) is 0 Å². The predicted molar refractivity (Wildman–Crippen MR) is 55.4 cm³/mol. The molecule has 12 heavy (non-hydrogen) atoms. The second-order valence-corrected chi connectivity index (χ2v) is 2.99. The summed E-state index contributed by atoms with van der Waals surface area (Å²) < 4.78 is 0. The van der Waals surface area contributed by atoms with Gasteiger partial charge in [0.05, 0.1) is 0 Å². The van der Waals surface area contributed by atoms with Gasteiger partial charge in [0, 0.05) is 1.43 Å². The third kappa shape index (κ3) is 1.10. The molecule has 0 atom stereocenters. The van der Waals surface area contributed by atoms with Crippen LogP contribution in [-0.2, 0) is 6.42 Å². The Hall–Kier alpha value is -1.30. The molecule has 0 bridgehead atoms. The molecule has 0 unspecified atom stereocenters. The SMILES string of the molecule is CCc1cccc2ccccc12.[HH]. The van der Waals surface area contributed by atoms with Crippen LogP contribution in [0, 0.1) is 0 Å². The highest BCUT2D eigenvalue weighted by molar-refractivity contribution is 5.85. The van der Waals surface area contributed by atoms with Crippen molar-refractivity contribution in [3.8, 4) is 0 Å². The van der Waals surface area contributed by atoms with Gasteiger partial charge in [0.15, 0.2) is 0 Å². The van der Waals surface area contributed by atoms with E-state index < -0.39 is 0 Å². The maximum absolute atomic E-state index is 2.20. The maximum atomic E-state index is 2.20. The standard InChI is InChI=1S/C12H12.H2/c1-2-10-7-5-8-11-6-3-4-9-12(10)11;/h3-9H,2H2,1H3;1H. The lowest BCUT2D eigenvalue weighted by Gasteiger charge is -2.02. The minimum Gasteiger partial charge on any atom is -0.0616 e. The van der Waals surface area contributed by atoms with Gasteiger partial charge < -0.3 is 0 Å². The van der Waals surface area contributed by atoms with Crippen molar-refractivity contribution in [2.75, 3.05) is 0 Å². The fourth-order valence-electron chi connectivity index (χ4n) is 1.60. The second-order valence-electron chi connectivity index (χ2n) is 2.99. The summed E-state index contributed by atoms with van der Waals surface area (Å²) >= 11 is 0. The summed E-state index contributed by atoms with van der Waals surface area (Å²) in [5.41, 5.74) is 1.44. The quantitative estimate of drug-likeness (QED) is 0.594. The van der Waals surface area contributed by atoms with Gasteiger partial charge in [-0.1, -0.05) is 49.4 Å². The molecule has 0 fully saturated rings. The lowest BCUT2D eigenvalue weighted by molar-refractivity contribution is 1.16. The van der Waals surface area contributed by atoms with Crippen LogP contribution in [0.25, 0.3) is 10.8 Å². The highest BCUT2D eigenvalue weighted by atomic mass is 14.0. The highest BCUT2D eigenvalue weighted by Gasteiger charge is 1.95. The van der Waals surface area contributed by atoms with Crippen LogP contribution in [0.1, 0.15) is 13.9 Å². The number of aryl methyl sites for hydroxylation is 1. The van der Waals surface area contributed by atoms with Crippen molar-refractivity contribution in [1.82, 2.24) is 0 Å². The van der Waals surface area contributed by atoms with E-state index in [-0.39, 0.29) is 1.43 Å². The van der Waals surface area contributed by atoms with Crippen molar-refractivity contribution in [1.29, 1.82) is 0 Å². The van der Waals surface area contributed by atoms with Crippen molar-refractivity contribution >= 4 is 10.8 Å². The molecule has 2 rings (SSSR count). The number of hydrogen-bond donors (Lipinski definition) is 0. The largest absolute Gasteiger partial charge is 0.0616 e. The minimum absolute atomic E-state index is 0. The molecule has 0 spiro atoms. The van der Waals surface area contributed by atoms with Crippen LogP contribution < -0.4 is 0 Å². The van der Waals surface area contributed by atoms with Crippen molar-refractivity contribution in [3.05, 3.63) is 48.0 Å². The molecule has 0 aromatic heterocycles. The fourth-order valence-corrected chi connectivity index (χ4v) is 1.60. The van der Waals surface area contributed by atoms with Crippen LogP contribution in [-0.4, -0.2) is 0 Å². The van der Waals surface area contributed by atoms with Gasteiger partial charge in [-0.15, -0.1) is 0 Å². The van der Waals surface area contributed by atoms with Crippen LogP contribution in [0.2, 0.25) is 0 Å². The van der Waals surface area contributed by atoms with E-state index in [4.69, 9.17) is 0 Å². The number of benzene rings is 2. The molecule has 0 N–H and O–H groups in total. The van der Waals surface area contributed by atoms with Crippen LogP contribution >= 0.6 is 0 Å². The Morgan fingerprint density at radius 1 is 1.00 bits per heavy atom. The molecule has 2 aromatic rings. The molecule has 0 saturated carbocycles. The third-order valence-corrected chi connectivity index (χ3v) is 2.26. The average Bonchev–Trinajstić information content (AvgIpc) is 2.17. The summed E-state index contributed by atoms with van der Waals surface area (Å²) in [6.07, 6.45) is 1.11. The van der Waals surface area contributed by atoms with Gasteiger partial charge in [0.25, 0.3) is 0 Å². The van der Waals surface area contributed by atoms with E-state index in [1.807, 2.05) is 0 Å². The summed E-state index contributed by atoms with van der Waals surface area (Å²) in [5.74, 6) is 0. The molecule has 0 amide bonds. The summed E-state index contributed by atoms with van der Waals surface area (Å²) in [4.78, 5) is 0. The first-order chi connectivity index (χ1) is 5.92. The second kappa shape index (κ2) is 2.98. The zero-order valence-electron chi connectivity index (χ0n) is 7.25. The Bertz CT molecular complexity index is 388. The summed E-state index contributed by atoms with van der Waals surface area (Å²) in [5, 5.41) is 2.74. The Morgan fingerprint density at radius 2 is 1.75 bits per heavy atom. The predicted octanol–water partition coefficient (Wildman–Crippen LogP) is 3.65. The molecule has 0 heteroatoms. The Kier molecular flexibility index (Phi) is 1.83. The Balaban J connectivity index is 0.000000845. The molecule has 0 aliphatic heterocycles. The molecular weight excluding hydrogens is 144 g/mol. The van der Waals surface area contributed by atoms with Gasteiger partial charge >= 0.3 is 0 Å². The van der Waals surface area contributed by atoms with E-state index >= 15 is 0 Å². The number of fused-ring (bicyclic) bond motifs is 1.